The molecule has 0 saturated carbocycles. The number of benzene rings is 1. The maximum Gasteiger partial charge on any atom is 0.250 e. The molecule has 7 heteroatoms. The Morgan fingerprint density at radius 2 is 2.06 bits per heavy atom. The molecule has 0 aliphatic rings. The van der Waals surface area contributed by atoms with Crippen molar-refractivity contribution in [1.82, 2.24) is 4.31 Å². The smallest absolute Gasteiger partial charge is 0.250 e. The Kier molecular flexibility index (Phi) is 3.84. The lowest BCUT2D eigenvalue weighted by molar-refractivity contribution is 0.0997. The van der Waals surface area contributed by atoms with E-state index in [1.165, 1.54) is 7.05 Å². The van der Waals surface area contributed by atoms with Gasteiger partial charge in [0.1, 0.15) is 5.82 Å². The van der Waals surface area contributed by atoms with E-state index in [4.69, 9.17) is 5.73 Å². The molecule has 17 heavy (non-hydrogen) atoms. The van der Waals surface area contributed by atoms with Crippen LogP contribution in [0.4, 0.5) is 4.39 Å². The molecule has 1 rings (SSSR count). The fourth-order valence-corrected chi connectivity index (χ4v) is 2.63. The van der Waals surface area contributed by atoms with Gasteiger partial charge in [-0.3, -0.25) is 4.79 Å². The van der Waals surface area contributed by atoms with Crippen LogP contribution in [0.3, 0.4) is 0 Å². The highest BCUT2D eigenvalue weighted by atomic mass is 32.2. The van der Waals surface area contributed by atoms with Crippen molar-refractivity contribution in [2.24, 2.45) is 5.73 Å². The number of hydrogen-bond donors (Lipinski definition) is 1. The molecule has 0 aromatic heterocycles. The number of amides is 1. The fourth-order valence-electron chi connectivity index (χ4n) is 1.25. The summed E-state index contributed by atoms with van der Waals surface area (Å²) in [4.78, 5) is 10.7. The minimum Gasteiger partial charge on any atom is -0.366 e. The number of nitrogens with two attached hydrogens (primary N) is 1. The molecule has 94 valence electrons. The Morgan fingerprint density at radius 3 is 2.53 bits per heavy atom. The molecule has 0 radical (unpaired) electrons. The second-order valence-electron chi connectivity index (χ2n) is 3.42. The molecule has 0 unspecified atom stereocenters. The number of sulfonamides is 1. The maximum atomic E-state index is 13.1. The Hall–Kier alpha value is -1.47. The van der Waals surface area contributed by atoms with E-state index in [0.29, 0.717) is 0 Å². The van der Waals surface area contributed by atoms with Gasteiger partial charge < -0.3 is 5.73 Å². The van der Waals surface area contributed by atoms with Gasteiger partial charge in [0, 0.05) is 13.6 Å². The summed E-state index contributed by atoms with van der Waals surface area (Å²) in [5.41, 5.74) is 4.84. The molecule has 1 aromatic rings. The quantitative estimate of drug-likeness (QED) is 0.859. The Morgan fingerprint density at radius 1 is 1.47 bits per heavy atom. The zero-order valence-electron chi connectivity index (χ0n) is 9.47. The van der Waals surface area contributed by atoms with Crippen LogP contribution in [-0.4, -0.2) is 32.2 Å². The molecule has 0 spiro atoms. The van der Waals surface area contributed by atoms with Crippen molar-refractivity contribution in [3.05, 3.63) is 29.6 Å². The van der Waals surface area contributed by atoms with E-state index in [0.717, 1.165) is 22.5 Å². The summed E-state index contributed by atoms with van der Waals surface area (Å²) in [6, 6.07) is 2.85. The van der Waals surface area contributed by atoms with E-state index < -0.39 is 26.6 Å². The van der Waals surface area contributed by atoms with Crippen molar-refractivity contribution < 1.29 is 17.6 Å². The largest absolute Gasteiger partial charge is 0.366 e. The van der Waals surface area contributed by atoms with Crippen molar-refractivity contribution in [2.45, 2.75) is 11.8 Å². The number of nitrogens with zero attached hydrogens (tertiary/aromatic N) is 1. The SMILES string of the molecule is CCN(C)S(=O)(=O)c1cc(F)ccc1C(N)=O. The highest BCUT2D eigenvalue weighted by molar-refractivity contribution is 7.89. The summed E-state index contributed by atoms with van der Waals surface area (Å²) in [7, 11) is -2.56. The molecule has 0 fully saturated rings. The molecule has 1 amide bonds. The number of carbonyl (C=O) groups excluding carboxylic acids is 1. The predicted molar refractivity (Wildman–Crippen MR) is 60.4 cm³/mol. The van der Waals surface area contributed by atoms with Gasteiger partial charge in [0.2, 0.25) is 15.9 Å². The summed E-state index contributed by atoms with van der Waals surface area (Å²) >= 11 is 0. The monoisotopic (exact) mass is 260 g/mol. The summed E-state index contributed by atoms with van der Waals surface area (Å²) < 4.78 is 38.1. The first-order valence-electron chi connectivity index (χ1n) is 4.86. The molecule has 0 aliphatic carbocycles. The first-order chi connectivity index (χ1) is 7.80. The normalized spacial score (nSPS) is 11.8. The van der Waals surface area contributed by atoms with Crippen molar-refractivity contribution in [3.8, 4) is 0 Å². The Labute approximate surface area is 99.1 Å². The van der Waals surface area contributed by atoms with E-state index in [2.05, 4.69) is 0 Å². The third kappa shape index (κ3) is 2.62. The van der Waals surface area contributed by atoms with E-state index in [-0.39, 0.29) is 12.1 Å². The lowest BCUT2D eigenvalue weighted by atomic mass is 10.2. The molecule has 1 aromatic carbocycles. The van der Waals surface area contributed by atoms with Crippen LogP contribution < -0.4 is 5.73 Å². The first kappa shape index (κ1) is 13.6. The highest BCUT2D eigenvalue weighted by Gasteiger charge is 2.25. The second kappa shape index (κ2) is 4.80. The van der Waals surface area contributed by atoms with Gasteiger partial charge in [0.05, 0.1) is 10.5 Å². The van der Waals surface area contributed by atoms with E-state index >= 15 is 0 Å². The van der Waals surface area contributed by atoms with Crippen LogP contribution in [0.25, 0.3) is 0 Å². The molecule has 0 bridgehead atoms. The Bertz CT molecular complexity index is 542. The predicted octanol–water partition coefficient (Wildman–Crippen LogP) is 0.565. The average molecular weight is 260 g/mol. The van der Waals surface area contributed by atoms with Gasteiger partial charge in [-0.2, -0.15) is 0 Å². The van der Waals surface area contributed by atoms with Crippen LogP contribution in [0, 0.1) is 5.82 Å². The van der Waals surface area contributed by atoms with Gasteiger partial charge in [-0.05, 0) is 18.2 Å². The molecular weight excluding hydrogens is 247 g/mol. The van der Waals surface area contributed by atoms with Crippen molar-refractivity contribution in [1.29, 1.82) is 0 Å². The highest BCUT2D eigenvalue weighted by Crippen LogP contribution is 2.20. The lowest BCUT2D eigenvalue weighted by Gasteiger charge is -2.16. The summed E-state index contributed by atoms with van der Waals surface area (Å²) in [6.07, 6.45) is 0. The van der Waals surface area contributed by atoms with Gasteiger partial charge in [0.25, 0.3) is 0 Å². The number of rotatable bonds is 4. The molecule has 0 aliphatic heterocycles. The van der Waals surface area contributed by atoms with Gasteiger partial charge in [0.15, 0.2) is 0 Å². The van der Waals surface area contributed by atoms with Crippen LogP contribution in [-0.2, 0) is 10.0 Å². The summed E-state index contributed by atoms with van der Waals surface area (Å²) in [5.74, 6) is -1.65. The molecule has 2 N–H and O–H groups in total. The number of carbonyl (C=O) groups is 1. The zero-order valence-corrected chi connectivity index (χ0v) is 10.3. The molecule has 0 heterocycles. The lowest BCUT2D eigenvalue weighted by Crippen LogP contribution is -2.29. The number of hydrogen-bond acceptors (Lipinski definition) is 3. The summed E-state index contributed by atoms with van der Waals surface area (Å²) in [5, 5.41) is 0. The topological polar surface area (TPSA) is 80.5 Å². The molecule has 5 nitrogen and oxygen atoms in total. The molecule has 0 saturated heterocycles. The molecular formula is C10H13FN2O3S. The number of halogens is 1. The standard InChI is InChI=1S/C10H13FN2O3S/c1-3-13(2)17(15,16)9-6-7(11)4-5-8(9)10(12)14/h4-6H,3H2,1-2H3,(H2,12,14). The average Bonchev–Trinajstić information content (AvgIpc) is 2.27. The van der Waals surface area contributed by atoms with Crippen LogP contribution >= 0.6 is 0 Å². The van der Waals surface area contributed by atoms with Gasteiger partial charge in [-0.25, -0.2) is 17.1 Å². The van der Waals surface area contributed by atoms with Crippen molar-refractivity contribution in [2.75, 3.05) is 13.6 Å². The van der Waals surface area contributed by atoms with E-state index in [1.54, 1.807) is 6.92 Å². The minimum absolute atomic E-state index is 0.205. The van der Waals surface area contributed by atoms with Crippen LogP contribution in [0.15, 0.2) is 23.1 Å². The molecule has 0 atom stereocenters. The third-order valence-electron chi connectivity index (χ3n) is 2.34. The second-order valence-corrected chi connectivity index (χ2v) is 5.44. The van der Waals surface area contributed by atoms with Gasteiger partial charge >= 0.3 is 0 Å². The van der Waals surface area contributed by atoms with Gasteiger partial charge in [-0.1, -0.05) is 6.92 Å². The van der Waals surface area contributed by atoms with Crippen LogP contribution in [0.5, 0.6) is 0 Å². The van der Waals surface area contributed by atoms with Crippen LogP contribution in [0.1, 0.15) is 17.3 Å². The summed E-state index contributed by atoms with van der Waals surface area (Å²) in [6.45, 7) is 1.83. The Balaban J connectivity index is 3.49. The van der Waals surface area contributed by atoms with Crippen molar-refractivity contribution in [3.63, 3.8) is 0 Å². The van der Waals surface area contributed by atoms with E-state index in [1.807, 2.05) is 0 Å². The first-order valence-corrected chi connectivity index (χ1v) is 6.30. The maximum absolute atomic E-state index is 13.1. The van der Waals surface area contributed by atoms with Crippen LogP contribution in [0.2, 0.25) is 0 Å². The van der Waals surface area contributed by atoms with Gasteiger partial charge in [-0.15, -0.1) is 0 Å². The van der Waals surface area contributed by atoms with Crippen molar-refractivity contribution >= 4 is 15.9 Å². The minimum atomic E-state index is -3.89. The zero-order chi connectivity index (χ0) is 13.2. The fraction of sp³-hybridized carbons (Fsp3) is 0.300. The van der Waals surface area contributed by atoms with E-state index in [9.17, 15) is 17.6 Å². The third-order valence-corrected chi connectivity index (χ3v) is 4.32. The number of primary amides is 1.